The number of hydrogen-bond acceptors (Lipinski definition) is 9. The van der Waals surface area contributed by atoms with Crippen LogP contribution in [0.5, 0.6) is 11.5 Å². The quantitative estimate of drug-likeness (QED) is 0.161. The summed E-state index contributed by atoms with van der Waals surface area (Å²) in [5.41, 5.74) is 3.38. The maximum atomic E-state index is 14.0. The van der Waals surface area contributed by atoms with E-state index in [1.165, 1.54) is 11.3 Å². The summed E-state index contributed by atoms with van der Waals surface area (Å²) >= 11 is 8.47. The summed E-state index contributed by atoms with van der Waals surface area (Å²) in [7, 11) is 0. The van der Waals surface area contributed by atoms with Crippen LogP contribution in [0.3, 0.4) is 0 Å². The van der Waals surface area contributed by atoms with Crippen LogP contribution in [0.2, 0.25) is 0 Å². The van der Waals surface area contributed by atoms with Crippen molar-refractivity contribution in [3.8, 4) is 11.5 Å². The molecule has 0 aliphatic carbocycles. The first-order valence-corrected chi connectivity index (χ1v) is 17.4. The monoisotopic (exact) mass is 782 g/mol. The van der Waals surface area contributed by atoms with Gasteiger partial charge in [-0.1, -0.05) is 35.6 Å². The molecule has 9 nitrogen and oxygen atoms in total. The summed E-state index contributed by atoms with van der Waals surface area (Å²) in [5.74, 6) is 0.399. The second-order valence-corrected chi connectivity index (χ2v) is 13.0. The summed E-state index contributed by atoms with van der Waals surface area (Å²) in [4.78, 5) is 44.3. The first kappa shape index (κ1) is 34.3. The fourth-order valence-electron chi connectivity index (χ4n) is 5.08. The maximum absolute atomic E-state index is 14.0. The Morgan fingerprint density at radius 1 is 0.894 bits per heavy atom. The van der Waals surface area contributed by atoms with Gasteiger partial charge in [0.15, 0.2) is 4.80 Å². The molecule has 2 heterocycles. The number of esters is 2. The molecule has 3 aromatic carbocycles. The summed E-state index contributed by atoms with van der Waals surface area (Å²) in [6, 6.07) is 17.4. The predicted molar refractivity (Wildman–Crippen MR) is 187 cm³/mol. The Morgan fingerprint density at radius 3 is 2.15 bits per heavy atom. The summed E-state index contributed by atoms with van der Waals surface area (Å²) < 4.78 is 25.5. The van der Waals surface area contributed by atoms with E-state index in [-0.39, 0.29) is 24.7 Å². The summed E-state index contributed by atoms with van der Waals surface area (Å²) in [5, 5.41) is 0. The van der Waals surface area contributed by atoms with Crippen LogP contribution in [0.15, 0.2) is 90.7 Å². The number of aromatic nitrogens is 1. The van der Waals surface area contributed by atoms with Gasteiger partial charge in [-0.3, -0.25) is 9.36 Å². The van der Waals surface area contributed by atoms with Crippen LogP contribution in [-0.4, -0.2) is 36.3 Å². The molecule has 1 aliphatic rings. The third-order valence-corrected chi connectivity index (χ3v) is 9.35. The molecule has 1 aliphatic heterocycles. The molecule has 5 rings (SSSR count). The molecular weight excluding hydrogens is 752 g/mol. The van der Waals surface area contributed by atoms with Gasteiger partial charge >= 0.3 is 11.9 Å². The average Bonchev–Trinajstić information content (AvgIpc) is 3.34. The molecule has 244 valence electrons. The number of nitrogens with zero attached hydrogens (tertiary/aromatic N) is 2. The lowest BCUT2D eigenvalue weighted by atomic mass is 9.96. The van der Waals surface area contributed by atoms with E-state index in [2.05, 4.69) is 36.9 Å². The molecule has 0 saturated heterocycles. The van der Waals surface area contributed by atoms with Gasteiger partial charge in [-0.15, -0.1) is 0 Å². The van der Waals surface area contributed by atoms with Crippen LogP contribution in [0, 0.1) is 0 Å². The smallest absolute Gasteiger partial charge is 0.338 e. The van der Waals surface area contributed by atoms with Crippen molar-refractivity contribution in [2.24, 2.45) is 4.99 Å². The molecule has 0 saturated carbocycles. The molecule has 0 spiro atoms. The number of ether oxygens (including phenoxy) is 4. The number of rotatable bonds is 11. The molecular formula is C35H32Br2N2O7S. The van der Waals surface area contributed by atoms with Crippen LogP contribution in [0.1, 0.15) is 60.8 Å². The molecule has 0 fully saturated rings. The van der Waals surface area contributed by atoms with E-state index in [0.29, 0.717) is 59.8 Å². The Hall–Kier alpha value is -4.00. The Kier molecular flexibility index (Phi) is 11.2. The number of allylic oxidation sites excluding steroid dienone is 1. The lowest BCUT2D eigenvalue weighted by Crippen LogP contribution is -2.39. The van der Waals surface area contributed by atoms with E-state index in [1.807, 2.05) is 55.5 Å². The second kappa shape index (κ2) is 15.3. The third kappa shape index (κ3) is 7.61. The van der Waals surface area contributed by atoms with Gasteiger partial charge in [-0.25, -0.2) is 14.6 Å². The number of halogens is 2. The van der Waals surface area contributed by atoms with Gasteiger partial charge in [0.2, 0.25) is 0 Å². The Labute approximate surface area is 292 Å². The van der Waals surface area contributed by atoms with Crippen molar-refractivity contribution in [3.63, 3.8) is 0 Å². The van der Waals surface area contributed by atoms with Gasteiger partial charge in [0, 0.05) is 0 Å². The van der Waals surface area contributed by atoms with Crippen molar-refractivity contribution in [1.82, 2.24) is 4.57 Å². The predicted octanol–water partition coefficient (Wildman–Crippen LogP) is 6.48. The highest BCUT2D eigenvalue weighted by Crippen LogP contribution is 2.36. The maximum Gasteiger partial charge on any atom is 0.338 e. The van der Waals surface area contributed by atoms with Crippen LogP contribution in [0.4, 0.5) is 0 Å². The lowest BCUT2D eigenvalue weighted by Gasteiger charge is -2.24. The fraction of sp³-hybridized carbons (Fsp3) is 0.257. The molecule has 0 amide bonds. The number of benzene rings is 3. The van der Waals surface area contributed by atoms with Gasteiger partial charge in [-0.05, 0) is 119 Å². The second-order valence-electron chi connectivity index (χ2n) is 10.3. The van der Waals surface area contributed by atoms with Crippen LogP contribution in [0.25, 0.3) is 6.08 Å². The minimum atomic E-state index is -0.719. The number of fused-ring (bicyclic) bond motifs is 1. The van der Waals surface area contributed by atoms with E-state index in [0.717, 1.165) is 16.7 Å². The molecule has 1 atom stereocenters. The van der Waals surface area contributed by atoms with Crippen molar-refractivity contribution in [3.05, 3.63) is 123 Å². The Balaban J connectivity index is 1.47. The number of thiazole rings is 1. The Morgan fingerprint density at radius 2 is 1.53 bits per heavy atom. The van der Waals surface area contributed by atoms with Gasteiger partial charge in [0.25, 0.3) is 5.56 Å². The summed E-state index contributed by atoms with van der Waals surface area (Å²) in [6.45, 7) is 8.47. The van der Waals surface area contributed by atoms with E-state index in [4.69, 9.17) is 18.9 Å². The normalized spacial score (nSPS) is 14.3. The number of carbonyl (C=O) groups excluding carboxylic acids is 2. The lowest BCUT2D eigenvalue weighted by molar-refractivity contribution is -0.139. The largest absolute Gasteiger partial charge is 0.494 e. The van der Waals surface area contributed by atoms with Crippen molar-refractivity contribution in [1.29, 1.82) is 0 Å². The van der Waals surface area contributed by atoms with Crippen LogP contribution >= 0.6 is 43.2 Å². The standard InChI is InChI=1S/C35H32Br2N2O7S/c1-5-43-25-14-12-23(13-15-25)30-29(34(42)45-7-3)20(4)38-35-39(30)32(40)28(47-35)18-22-16-26(36)31(27(37)17-22)46-19-21-8-10-24(11-9-21)33(41)44-6-2/h8-18,30H,5-7,19H2,1-4H3/b28-18-/t30-/m0/s1. The van der Waals surface area contributed by atoms with Crippen LogP contribution in [-0.2, 0) is 20.9 Å². The highest BCUT2D eigenvalue weighted by molar-refractivity contribution is 9.11. The molecule has 0 unspecified atom stereocenters. The zero-order chi connectivity index (χ0) is 33.7. The van der Waals surface area contributed by atoms with Crippen molar-refractivity contribution >= 4 is 61.2 Å². The SMILES string of the molecule is CCOC(=O)C1=C(C)N=c2s/c(=C\c3cc(Br)c(OCc4ccc(C(=O)OCC)cc4)c(Br)c3)c(=O)n2[C@H]1c1ccc(OCC)cc1. The molecule has 0 N–H and O–H groups in total. The van der Waals surface area contributed by atoms with E-state index in [1.54, 1.807) is 43.5 Å². The summed E-state index contributed by atoms with van der Waals surface area (Å²) in [6.07, 6.45) is 1.79. The van der Waals surface area contributed by atoms with Gasteiger partial charge in [0.05, 0.1) is 56.2 Å². The fourth-order valence-corrected chi connectivity index (χ4v) is 7.58. The van der Waals surface area contributed by atoms with Gasteiger partial charge < -0.3 is 18.9 Å². The molecule has 0 radical (unpaired) electrons. The molecule has 47 heavy (non-hydrogen) atoms. The first-order chi connectivity index (χ1) is 22.6. The highest BCUT2D eigenvalue weighted by atomic mass is 79.9. The molecule has 12 heteroatoms. The van der Waals surface area contributed by atoms with E-state index < -0.39 is 12.0 Å². The van der Waals surface area contributed by atoms with Gasteiger partial charge in [0.1, 0.15) is 18.1 Å². The molecule has 4 aromatic rings. The van der Waals surface area contributed by atoms with Crippen molar-refractivity contribution in [2.45, 2.75) is 40.3 Å². The molecule has 0 bridgehead atoms. The number of hydrogen-bond donors (Lipinski definition) is 0. The van der Waals surface area contributed by atoms with Gasteiger partial charge in [-0.2, -0.15) is 0 Å². The van der Waals surface area contributed by atoms with E-state index in [9.17, 15) is 14.4 Å². The number of carbonyl (C=O) groups is 2. The topological polar surface area (TPSA) is 105 Å². The van der Waals surface area contributed by atoms with Crippen LogP contribution < -0.4 is 24.4 Å². The third-order valence-electron chi connectivity index (χ3n) is 7.19. The van der Waals surface area contributed by atoms with Crippen molar-refractivity contribution in [2.75, 3.05) is 19.8 Å². The van der Waals surface area contributed by atoms with Crippen molar-refractivity contribution < 1.29 is 28.5 Å². The average molecular weight is 785 g/mol. The Bertz CT molecular complexity index is 1990. The first-order valence-electron chi connectivity index (χ1n) is 14.9. The highest BCUT2D eigenvalue weighted by Gasteiger charge is 2.33. The molecule has 1 aromatic heterocycles. The zero-order valence-corrected chi connectivity index (χ0v) is 30.2. The minimum Gasteiger partial charge on any atom is -0.494 e. The minimum absolute atomic E-state index is 0.196. The van der Waals surface area contributed by atoms with E-state index >= 15 is 0 Å². The zero-order valence-electron chi connectivity index (χ0n) is 26.2.